The number of aromatic nitrogens is 3. The third-order valence-corrected chi connectivity index (χ3v) is 12.5. The number of aryl methyl sites for hydroxylation is 2. The van der Waals surface area contributed by atoms with E-state index in [4.69, 9.17) is 8.37 Å². The molecule has 14 nitrogen and oxygen atoms in total. The number of alkyl halides is 3. The molecule has 0 spiro atoms. The average Bonchev–Trinajstić information content (AvgIpc) is 3.81. The summed E-state index contributed by atoms with van der Waals surface area (Å²) in [4.78, 5) is 12.2. The number of halogens is 3. The van der Waals surface area contributed by atoms with Crippen molar-refractivity contribution in [3.05, 3.63) is 107 Å². The molecule has 5 aromatic rings. The Balaban J connectivity index is 1.15. The lowest BCUT2D eigenvalue weighted by Gasteiger charge is -2.33. The van der Waals surface area contributed by atoms with Crippen molar-refractivity contribution in [3.8, 4) is 22.9 Å². The van der Waals surface area contributed by atoms with Crippen molar-refractivity contribution < 1.29 is 40.2 Å². The molecular weight excluding hydrogens is 918 g/mol. The molecule has 4 aromatic carbocycles. The first-order chi connectivity index (χ1) is 31.8. The van der Waals surface area contributed by atoms with Crippen LogP contribution < -0.4 is 22.7 Å². The molecule has 19 heteroatoms. The number of aliphatic hydroxyl groups is 2. The number of aliphatic imine (C=N–C) groups is 1. The van der Waals surface area contributed by atoms with Gasteiger partial charge in [-0.25, -0.2) is 9.98 Å². The van der Waals surface area contributed by atoms with Crippen LogP contribution in [-0.2, 0) is 34.1 Å². The molecule has 1 aromatic heterocycles. The van der Waals surface area contributed by atoms with Crippen LogP contribution in [0.4, 0.5) is 35.9 Å². The minimum atomic E-state index is -4.76. The Morgan fingerprint density at radius 2 is 1.32 bits per heavy atom. The van der Waals surface area contributed by atoms with Gasteiger partial charge in [0.25, 0.3) is 0 Å². The van der Waals surface area contributed by atoms with Gasteiger partial charge in [0.15, 0.2) is 5.82 Å². The van der Waals surface area contributed by atoms with E-state index in [0.717, 1.165) is 23.6 Å². The van der Waals surface area contributed by atoms with Crippen LogP contribution in [0.25, 0.3) is 11.4 Å². The van der Waals surface area contributed by atoms with Crippen LogP contribution in [0.1, 0.15) is 103 Å². The summed E-state index contributed by atoms with van der Waals surface area (Å²) in [5, 5.41) is 27.9. The first-order valence-electron chi connectivity index (χ1n) is 22.2. The molecule has 0 saturated carbocycles. The van der Waals surface area contributed by atoms with Gasteiger partial charge in [-0.05, 0) is 115 Å². The Hall–Kier alpha value is -5.63. The Morgan fingerprint density at radius 1 is 0.750 bits per heavy atom. The maximum absolute atomic E-state index is 14.7. The fraction of sp³-hybridized carbons (Fsp3) is 0.429. The topological polar surface area (TPSA) is 176 Å². The molecule has 366 valence electrons. The monoisotopic (exact) mass is 978 g/mol. The minimum Gasteiger partial charge on any atom is -0.396 e. The zero-order valence-corrected chi connectivity index (χ0v) is 41.7. The van der Waals surface area contributed by atoms with Crippen molar-refractivity contribution in [3.63, 3.8) is 0 Å². The Bertz CT molecular complexity index is 2700. The van der Waals surface area contributed by atoms with Crippen molar-refractivity contribution in [1.29, 1.82) is 0 Å². The van der Waals surface area contributed by atoms with E-state index in [9.17, 15) is 31.8 Å². The Labute approximate surface area is 401 Å². The quantitative estimate of drug-likeness (QED) is 0.0627. The summed E-state index contributed by atoms with van der Waals surface area (Å²) in [6.07, 6.45) is -3.13. The number of rotatable bonds is 19. The van der Waals surface area contributed by atoms with Gasteiger partial charge in [-0.2, -0.15) is 26.7 Å². The molecule has 2 atom stereocenters. The van der Waals surface area contributed by atoms with E-state index in [1.165, 1.54) is 10.9 Å². The summed E-state index contributed by atoms with van der Waals surface area (Å²) in [6, 6.07) is 21.6. The van der Waals surface area contributed by atoms with E-state index in [1.807, 2.05) is 39.8 Å². The minimum absolute atomic E-state index is 0.108. The largest absolute Gasteiger partial charge is 0.418 e. The molecule has 4 N–H and O–H groups in total. The summed E-state index contributed by atoms with van der Waals surface area (Å²) in [6.45, 7) is 20.6. The summed E-state index contributed by atoms with van der Waals surface area (Å²) < 4.78 is 87.8. The van der Waals surface area contributed by atoms with Gasteiger partial charge >= 0.3 is 28.7 Å². The maximum atomic E-state index is 14.7. The Kier molecular flexibility index (Phi) is 15.9. The molecule has 2 unspecified atom stereocenters. The van der Waals surface area contributed by atoms with Crippen molar-refractivity contribution >= 4 is 56.7 Å². The summed E-state index contributed by atoms with van der Waals surface area (Å²) in [5.74, 6) is 1.17. The number of anilines is 3. The van der Waals surface area contributed by atoms with Crippen LogP contribution >= 0.6 is 0 Å². The lowest BCUT2D eigenvalue weighted by molar-refractivity contribution is -0.137. The molecule has 0 radical (unpaired) electrons. The molecule has 0 bridgehead atoms. The molecule has 68 heavy (non-hydrogen) atoms. The fourth-order valence-electron chi connectivity index (χ4n) is 7.94. The first-order valence-corrected chi connectivity index (χ1v) is 24.4. The summed E-state index contributed by atoms with van der Waals surface area (Å²) >= 11 is -4.02. The van der Waals surface area contributed by atoms with Crippen LogP contribution in [0.15, 0.2) is 89.0 Å². The molecule has 1 aliphatic heterocycles. The third-order valence-electron chi connectivity index (χ3n) is 11.0. The van der Waals surface area contributed by atoms with Gasteiger partial charge in [0.1, 0.15) is 17.2 Å². The molecule has 0 aliphatic carbocycles. The highest BCUT2D eigenvalue weighted by Crippen LogP contribution is 2.41. The van der Waals surface area contributed by atoms with Crippen LogP contribution in [0.5, 0.6) is 11.5 Å². The zero-order valence-electron chi connectivity index (χ0n) is 40.1. The van der Waals surface area contributed by atoms with Crippen molar-refractivity contribution in [2.24, 2.45) is 20.9 Å². The van der Waals surface area contributed by atoms with Crippen molar-refractivity contribution in [1.82, 2.24) is 14.9 Å². The zero-order chi connectivity index (χ0) is 49.8. The van der Waals surface area contributed by atoms with Gasteiger partial charge in [-0.15, -0.1) is 9.89 Å². The maximum Gasteiger partial charge on any atom is 0.418 e. The number of nitrogens with one attached hydrogen (secondary N) is 2. The molecule has 0 amide bonds. The number of benzene rings is 4. The van der Waals surface area contributed by atoms with Gasteiger partial charge in [0.05, 0.1) is 22.6 Å². The van der Waals surface area contributed by atoms with Crippen LogP contribution in [0, 0.1) is 24.7 Å². The van der Waals surface area contributed by atoms with Gasteiger partial charge in [0.2, 0.25) is 5.82 Å². The van der Waals surface area contributed by atoms with E-state index in [2.05, 4.69) is 70.3 Å². The highest BCUT2D eigenvalue weighted by Gasteiger charge is 2.38. The van der Waals surface area contributed by atoms with E-state index in [0.29, 0.717) is 65.6 Å². The molecule has 1 aliphatic rings. The molecule has 0 saturated heterocycles. The predicted octanol–water partition coefficient (Wildman–Crippen LogP) is 10.4. The normalized spacial score (nSPS) is 14.6. The van der Waals surface area contributed by atoms with Crippen molar-refractivity contribution in [2.75, 3.05) is 40.6 Å². The van der Waals surface area contributed by atoms with Crippen LogP contribution in [0.3, 0.4) is 0 Å². The number of aliphatic hydroxyl groups excluding tert-OH is 2. The highest BCUT2D eigenvalue weighted by atomic mass is 32.2. The van der Waals surface area contributed by atoms with Crippen molar-refractivity contribution in [2.45, 2.75) is 100 Å². The van der Waals surface area contributed by atoms with Gasteiger partial charge in [-0.1, -0.05) is 73.6 Å². The van der Waals surface area contributed by atoms with E-state index >= 15 is 0 Å². The summed E-state index contributed by atoms with van der Waals surface area (Å²) in [5.41, 5.74) is 2.87. The SMILES string of the molecule is Cc1ccc(NS(=O)Oc2cc(C(C)(C)CC(C)(C)C)ccc2C)cc1OS(=O)Nc1ccc(-c2nc3n(n2)N=C(C(C)(C)C)C3=Nc2ccc(N(CCCO)CCCO)cc2C(F)(F)F)cc1. The number of hydrogen-bond acceptors (Lipinski definition) is 11. The van der Waals surface area contributed by atoms with E-state index in [-0.39, 0.29) is 52.8 Å². The number of hydrogen-bond donors (Lipinski definition) is 4. The van der Waals surface area contributed by atoms with Crippen LogP contribution in [0.2, 0.25) is 0 Å². The van der Waals surface area contributed by atoms with E-state index < -0.39 is 39.7 Å². The average molecular weight is 979 g/mol. The lowest BCUT2D eigenvalue weighted by atomic mass is 9.72. The standard InChI is InChI=1S/C49H61F3N8O6S2/c1-31-13-17-34(48(9,10)30-46(3,4)5)27-40(31)65-68(64)58-36-18-14-32(2)41(28-36)66-67(63)57-35-19-15-33(16-20-35)44-54-45-42(43(47(6,7)8)55-60(45)56-44)53-39-22-21-37(29-38(39)49(50,51)52)59(23-11-25-61)24-12-26-62/h13-22,27-29,57-58,61-62H,11-12,23-26,30H2,1-10H3. The first kappa shape index (κ1) is 51.8. The van der Waals surface area contributed by atoms with E-state index in [1.54, 1.807) is 60.4 Å². The molecule has 0 fully saturated rings. The van der Waals surface area contributed by atoms with Gasteiger partial charge < -0.3 is 23.5 Å². The second-order valence-electron chi connectivity index (χ2n) is 19.6. The number of nitrogens with zero attached hydrogens (tertiary/aromatic N) is 6. The van der Waals surface area contributed by atoms with Gasteiger partial charge in [-0.3, -0.25) is 9.44 Å². The van der Waals surface area contributed by atoms with Crippen LogP contribution in [-0.4, -0.2) is 71.2 Å². The highest BCUT2D eigenvalue weighted by molar-refractivity contribution is 7.82. The molecular formula is C49H61F3N8O6S2. The fourth-order valence-corrected chi connectivity index (χ4v) is 9.35. The van der Waals surface area contributed by atoms with Gasteiger partial charge in [0, 0.05) is 54.7 Å². The lowest BCUT2D eigenvalue weighted by Crippen LogP contribution is -2.28. The smallest absolute Gasteiger partial charge is 0.396 e. The number of fused-ring (bicyclic) bond motifs is 1. The molecule has 6 rings (SSSR count). The summed E-state index contributed by atoms with van der Waals surface area (Å²) in [7, 11) is 0. The predicted molar refractivity (Wildman–Crippen MR) is 265 cm³/mol. The second kappa shape index (κ2) is 20.9. The molecule has 2 heterocycles. The third kappa shape index (κ3) is 13.1. The Morgan fingerprint density at radius 3 is 1.90 bits per heavy atom. The second-order valence-corrected chi connectivity index (χ2v) is 21.3.